The SMILES string of the molecule is CC(O)C(OOCc1cccc(C(=O)OC(C)C(O)SCC2SCCS2)c1)SCC1SCCS1. The minimum absolute atomic E-state index is 0.141. The summed E-state index contributed by atoms with van der Waals surface area (Å²) in [5.41, 5.74) is -0.0928. The Morgan fingerprint density at radius 1 is 1.03 bits per heavy atom. The van der Waals surface area contributed by atoms with E-state index in [1.165, 1.54) is 23.3 Å². The summed E-state index contributed by atoms with van der Waals surface area (Å²) in [5.74, 6) is 5.87. The van der Waals surface area contributed by atoms with Gasteiger partial charge in [-0.15, -0.1) is 70.6 Å². The molecule has 0 bridgehead atoms. The molecular formula is C22H32O6S6. The first-order valence-corrected chi connectivity index (χ1v) is 17.4. The van der Waals surface area contributed by atoms with E-state index in [0.29, 0.717) is 14.7 Å². The van der Waals surface area contributed by atoms with Crippen LogP contribution in [-0.2, 0) is 21.1 Å². The molecule has 1 aromatic carbocycles. The third-order valence-corrected chi connectivity index (χ3v) is 14.3. The number of aliphatic hydroxyl groups excluding tert-OH is 2. The molecule has 2 fully saturated rings. The van der Waals surface area contributed by atoms with Crippen molar-refractivity contribution in [3.05, 3.63) is 35.4 Å². The number of thioether (sulfide) groups is 6. The van der Waals surface area contributed by atoms with Gasteiger partial charge in [-0.05, 0) is 31.5 Å². The molecule has 0 aromatic heterocycles. The molecule has 0 spiro atoms. The molecule has 2 saturated heterocycles. The Kier molecular flexibility index (Phi) is 13.6. The van der Waals surface area contributed by atoms with Crippen LogP contribution in [0.1, 0.15) is 29.8 Å². The summed E-state index contributed by atoms with van der Waals surface area (Å²) in [4.78, 5) is 23.5. The monoisotopic (exact) mass is 584 g/mol. The molecule has 2 aliphatic rings. The van der Waals surface area contributed by atoms with Gasteiger partial charge in [-0.2, -0.15) is 0 Å². The molecule has 12 heteroatoms. The Morgan fingerprint density at radius 3 is 2.26 bits per heavy atom. The van der Waals surface area contributed by atoms with Gasteiger partial charge < -0.3 is 14.9 Å². The van der Waals surface area contributed by atoms with E-state index in [1.54, 1.807) is 43.8 Å². The van der Waals surface area contributed by atoms with E-state index in [9.17, 15) is 15.0 Å². The molecule has 192 valence electrons. The third-order valence-electron chi connectivity index (χ3n) is 4.82. The van der Waals surface area contributed by atoms with Gasteiger partial charge in [-0.3, -0.25) is 0 Å². The number of esters is 1. The predicted molar refractivity (Wildman–Crippen MR) is 151 cm³/mol. The maximum absolute atomic E-state index is 12.6. The quantitative estimate of drug-likeness (QED) is 0.137. The highest BCUT2D eigenvalue weighted by Gasteiger charge is 2.25. The van der Waals surface area contributed by atoms with Crippen LogP contribution >= 0.6 is 70.6 Å². The third kappa shape index (κ3) is 10.2. The van der Waals surface area contributed by atoms with E-state index in [1.807, 2.05) is 53.1 Å². The van der Waals surface area contributed by atoms with Crippen LogP contribution in [0.2, 0.25) is 0 Å². The van der Waals surface area contributed by atoms with Gasteiger partial charge in [0.2, 0.25) is 0 Å². The molecule has 4 unspecified atom stereocenters. The van der Waals surface area contributed by atoms with Crippen molar-refractivity contribution >= 4 is 76.5 Å². The normalized spacial score (nSPS) is 20.8. The van der Waals surface area contributed by atoms with Gasteiger partial charge in [0.1, 0.15) is 18.1 Å². The smallest absolute Gasteiger partial charge is 0.338 e. The van der Waals surface area contributed by atoms with Crippen molar-refractivity contribution in [2.24, 2.45) is 0 Å². The second-order valence-corrected chi connectivity index (χ2v) is 15.8. The Morgan fingerprint density at radius 2 is 1.65 bits per heavy atom. The van der Waals surface area contributed by atoms with Crippen molar-refractivity contribution in [1.82, 2.24) is 0 Å². The Labute approximate surface area is 227 Å². The topological polar surface area (TPSA) is 85.2 Å². The summed E-state index contributed by atoms with van der Waals surface area (Å²) in [6, 6.07) is 6.97. The summed E-state index contributed by atoms with van der Waals surface area (Å²) < 4.78 is 6.51. The number of rotatable bonds is 14. The maximum atomic E-state index is 12.6. The van der Waals surface area contributed by atoms with Crippen molar-refractivity contribution in [2.75, 3.05) is 34.5 Å². The van der Waals surface area contributed by atoms with E-state index in [4.69, 9.17) is 14.5 Å². The number of ether oxygens (including phenoxy) is 1. The molecule has 6 nitrogen and oxygen atoms in total. The number of hydrogen-bond donors (Lipinski definition) is 2. The highest BCUT2D eigenvalue weighted by Crippen LogP contribution is 2.36. The number of hydrogen-bond acceptors (Lipinski definition) is 12. The highest BCUT2D eigenvalue weighted by atomic mass is 32.2. The van der Waals surface area contributed by atoms with Crippen molar-refractivity contribution < 1.29 is 29.5 Å². The molecule has 34 heavy (non-hydrogen) atoms. The molecular weight excluding hydrogens is 553 g/mol. The van der Waals surface area contributed by atoms with Crippen LogP contribution in [0.5, 0.6) is 0 Å². The number of carbonyl (C=O) groups is 1. The molecule has 0 saturated carbocycles. The Hall–Kier alpha value is 0.630. The van der Waals surface area contributed by atoms with E-state index in [0.717, 1.165) is 28.6 Å². The van der Waals surface area contributed by atoms with Gasteiger partial charge in [-0.25, -0.2) is 14.6 Å². The lowest BCUT2D eigenvalue weighted by atomic mass is 10.1. The van der Waals surface area contributed by atoms with E-state index in [2.05, 4.69) is 0 Å². The summed E-state index contributed by atoms with van der Waals surface area (Å²) in [6.07, 6.45) is -1.28. The van der Waals surface area contributed by atoms with Gasteiger partial charge in [-0.1, -0.05) is 12.1 Å². The van der Waals surface area contributed by atoms with Crippen LogP contribution in [0, 0.1) is 0 Å². The Bertz CT molecular complexity index is 744. The largest absolute Gasteiger partial charge is 0.455 e. The first kappa shape index (κ1) is 29.2. The summed E-state index contributed by atoms with van der Waals surface area (Å²) in [7, 11) is 0. The first-order chi connectivity index (χ1) is 16.4. The summed E-state index contributed by atoms with van der Waals surface area (Å²) >= 11 is 10.7. The zero-order valence-corrected chi connectivity index (χ0v) is 24.1. The van der Waals surface area contributed by atoms with Crippen LogP contribution < -0.4 is 0 Å². The summed E-state index contributed by atoms with van der Waals surface area (Å²) in [5, 5.41) is 20.4. The van der Waals surface area contributed by atoms with Crippen molar-refractivity contribution in [3.8, 4) is 0 Å². The standard InChI is InChI=1S/C22H32O6S6/c1-14(23)22(34-13-19-31-8-9-32-19)28-26-11-16-4-3-5-17(10-16)20(24)27-15(2)21(25)33-12-18-29-6-7-30-18/h3-5,10,14-15,18-19,21-23,25H,6-9,11-13H2,1-2H3. The van der Waals surface area contributed by atoms with Gasteiger partial charge in [0.25, 0.3) is 0 Å². The van der Waals surface area contributed by atoms with Crippen molar-refractivity contribution in [2.45, 2.75) is 52.7 Å². The second-order valence-electron chi connectivity index (χ2n) is 7.68. The maximum Gasteiger partial charge on any atom is 0.338 e. The molecule has 0 amide bonds. The van der Waals surface area contributed by atoms with Crippen molar-refractivity contribution in [1.29, 1.82) is 0 Å². The minimum Gasteiger partial charge on any atom is -0.455 e. The van der Waals surface area contributed by atoms with E-state index < -0.39 is 29.0 Å². The number of aliphatic hydroxyl groups is 2. The minimum atomic E-state index is -0.762. The van der Waals surface area contributed by atoms with Gasteiger partial charge >= 0.3 is 5.97 Å². The van der Waals surface area contributed by atoms with Crippen LogP contribution in [-0.4, -0.2) is 82.9 Å². The molecule has 1 aromatic rings. The molecule has 2 aliphatic heterocycles. The summed E-state index contributed by atoms with van der Waals surface area (Å²) in [6.45, 7) is 3.54. The molecule has 2 N–H and O–H groups in total. The molecule has 0 aliphatic carbocycles. The van der Waals surface area contributed by atoms with Gasteiger partial charge in [0.15, 0.2) is 5.44 Å². The fourth-order valence-corrected chi connectivity index (χ4v) is 11.4. The fourth-order valence-electron chi connectivity index (χ4n) is 2.99. The highest BCUT2D eigenvalue weighted by molar-refractivity contribution is 8.21. The lowest BCUT2D eigenvalue weighted by Crippen LogP contribution is -2.27. The number of carbonyl (C=O) groups excluding carboxylic acids is 1. The van der Waals surface area contributed by atoms with E-state index in [-0.39, 0.29) is 6.61 Å². The van der Waals surface area contributed by atoms with E-state index >= 15 is 0 Å². The van der Waals surface area contributed by atoms with Crippen LogP contribution in [0.4, 0.5) is 0 Å². The molecule has 4 atom stereocenters. The first-order valence-electron chi connectivity index (χ1n) is 11.1. The van der Waals surface area contributed by atoms with Gasteiger partial charge in [0.05, 0.1) is 20.8 Å². The van der Waals surface area contributed by atoms with Crippen LogP contribution in [0.3, 0.4) is 0 Å². The average molecular weight is 585 g/mol. The zero-order chi connectivity index (χ0) is 24.3. The number of benzene rings is 1. The zero-order valence-electron chi connectivity index (χ0n) is 19.2. The fraction of sp³-hybridized carbons (Fsp3) is 0.682. The van der Waals surface area contributed by atoms with Crippen molar-refractivity contribution in [3.63, 3.8) is 0 Å². The molecule has 0 radical (unpaired) electrons. The van der Waals surface area contributed by atoms with Gasteiger partial charge in [0, 0.05) is 34.5 Å². The molecule has 2 heterocycles. The lowest BCUT2D eigenvalue weighted by Gasteiger charge is -2.20. The average Bonchev–Trinajstić information content (AvgIpc) is 3.54. The van der Waals surface area contributed by atoms with Crippen LogP contribution in [0.15, 0.2) is 24.3 Å². The second kappa shape index (κ2) is 15.8. The molecule has 3 rings (SSSR count). The van der Waals surface area contributed by atoms with Crippen LogP contribution in [0.25, 0.3) is 0 Å². The Balaban J connectivity index is 1.41. The lowest BCUT2D eigenvalue weighted by molar-refractivity contribution is -0.323. The predicted octanol–water partition coefficient (Wildman–Crippen LogP) is 4.78.